The number of hydrogen-bond acceptors (Lipinski definition) is 5. The largest absolute Gasteiger partial charge is 0.492 e. The van der Waals surface area contributed by atoms with E-state index in [1.807, 2.05) is 42.6 Å². The lowest BCUT2D eigenvalue weighted by atomic mass is 10.1. The van der Waals surface area contributed by atoms with Gasteiger partial charge < -0.3 is 10.4 Å². The van der Waals surface area contributed by atoms with Crippen molar-refractivity contribution in [2.75, 3.05) is 5.32 Å². The molecule has 3 aromatic rings. The lowest BCUT2D eigenvalue weighted by molar-refractivity contribution is 0.457. The average Bonchev–Trinajstić information content (AvgIpc) is 3.16. The van der Waals surface area contributed by atoms with Crippen molar-refractivity contribution in [2.45, 2.75) is 13.8 Å². The molecule has 4 rings (SSSR count). The van der Waals surface area contributed by atoms with Gasteiger partial charge in [0.15, 0.2) is 5.13 Å². The number of para-hydroxylation sites is 1. The molecular weight excluding hydrogens is 330 g/mol. The number of aromatic nitrogens is 1. The molecule has 0 amide bonds. The highest BCUT2D eigenvalue weighted by atomic mass is 32.1. The minimum absolute atomic E-state index is 0.0293. The molecule has 0 radical (unpaired) electrons. The molecule has 25 heavy (non-hydrogen) atoms. The standard InChI is InChI=1S/C20H17N3OS/c1-12-7-8-15(9-13(12)2)22-20-23-19(24)18(25-20)10-14-11-21-17-6-4-3-5-16(14)17/h3-11,24H,1-2H3,(H,22,23). The van der Waals surface area contributed by atoms with Crippen LogP contribution in [0, 0.1) is 13.8 Å². The third kappa shape index (κ3) is 3.06. The Morgan fingerprint density at radius 1 is 1.08 bits per heavy atom. The molecular formula is C20H17N3OS. The molecule has 0 unspecified atom stereocenters. The van der Waals surface area contributed by atoms with Gasteiger partial charge in [0.2, 0.25) is 5.88 Å². The SMILES string of the molecule is Cc1ccc(Nc2nc(O)c(C=C3C=Nc4ccccc43)s2)cc1C. The molecule has 0 saturated carbocycles. The Morgan fingerprint density at radius 2 is 1.92 bits per heavy atom. The van der Waals surface area contributed by atoms with Crippen LogP contribution < -0.4 is 5.32 Å². The normalized spacial score (nSPS) is 14.1. The second kappa shape index (κ2) is 6.18. The van der Waals surface area contributed by atoms with Gasteiger partial charge in [-0.1, -0.05) is 35.6 Å². The Bertz CT molecular complexity index is 1020. The van der Waals surface area contributed by atoms with Crippen molar-refractivity contribution in [2.24, 2.45) is 4.99 Å². The number of nitrogens with one attached hydrogen (secondary N) is 1. The Balaban J connectivity index is 1.62. The zero-order valence-corrected chi connectivity index (χ0v) is 14.8. The molecule has 2 N–H and O–H groups in total. The first-order valence-electron chi connectivity index (χ1n) is 7.99. The molecule has 0 bridgehead atoms. The molecule has 2 heterocycles. The number of allylic oxidation sites excluding steroid dienone is 1. The quantitative estimate of drug-likeness (QED) is 0.661. The number of anilines is 2. The summed E-state index contributed by atoms with van der Waals surface area (Å²) in [6.45, 7) is 4.16. The lowest BCUT2D eigenvalue weighted by Gasteiger charge is -2.05. The van der Waals surface area contributed by atoms with Gasteiger partial charge in [-0.3, -0.25) is 4.99 Å². The molecule has 124 valence electrons. The number of aliphatic imine (C=N–C) groups is 1. The molecule has 0 aliphatic carbocycles. The average molecular weight is 347 g/mol. The number of nitrogens with zero attached hydrogens (tertiary/aromatic N) is 2. The lowest BCUT2D eigenvalue weighted by Crippen LogP contribution is -1.90. The summed E-state index contributed by atoms with van der Waals surface area (Å²) in [5.74, 6) is 0.0293. The summed E-state index contributed by atoms with van der Waals surface area (Å²) in [4.78, 5) is 9.34. The number of benzene rings is 2. The van der Waals surface area contributed by atoms with Crippen molar-refractivity contribution in [3.63, 3.8) is 0 Å². The van der Waals surface area contributed by atoms with Crippen LogP contribution in [0.25, 0.3) is 11.6 Å². The Kier molecular flexibility index (Phi) is 3.86. The van der Waals surface area contributed by atoms with Crippen molar-refractivity contribution in [3.05, 3.63) is 64.0 Å². The van der Waals surface area contributed by atoms with Crippen LogP contribution in [0.15, 0.2) is 47.5 Å². The highest BCUT2D eigenvalue weighted by Crippen LogP contribution is 2.37. The van der Waals surface area contributed by atoms with E-state index in [2.05, 4.69) is 41.3 Å². The van der Waals surface area contributed by atoms with Crippen molar-refractivity contribution in [1.82, 2.24) is 4.98 Å². The molecule has 2 aromatic carbocycles. The van der Waals surface area contributed by atoms with Crippen molar-refractivity contribution < 1.29 is 5.11 Å². The van der Waals surface area contributed by atoms with Crippen LogP contribution in [0.1, 0.15) is 21.6 Å². The summed E-state index contributed by atoms with van der Waals surface area (Å²) in [5, 5.41) is 14.1. The maximum atomic E-state index is 10.2. The van der Waals surface area contributed by atoms with Crippen LogP contribution in [0.2, 0.25) is 0 Å². The van der Waals surface area contributed by atoms with E-state index in [1.54, 1.807) is 0 Å². The fourth-order valence-electron chi connectivity index (χ4n) is 2.71. The summed E-state index contributed by atoms with van der Waals surface area (Å²) < 4.78 is 0. The Labute approximate surface area is 150 Å². The maximum absolute atomic E-state index is 10.2. The molecule has 0 atom stereocenters. The number of rotatable bonds is 3. The van der Waals surface area contributed by atoms with E-state index in [9.17, 15) is 5.11 Å². The highest BCUT2D eigenvalue weighted by Gasteiger charge is 2.14. The van der Waals surface area contributed by atoms with Gasteiger partial charge in [0, 0.05) is 23.0 Å². The number of aromatic hydroxyl groups is 1. The van der Waals surface area contributed by atoms with Crippen molar-refractivity contribution >= 4 is 45.7 Å². The predicted molar refractivity (Wildman–Crippen MR) is 105 cm³/mol. The van der Waals surface area contributed by atoms with Gasteiger partial charge in [0.05, 0.1) is 10.6 Å². The molecule has 0 saturated heterocycles. The second-order valence-electron chi connectivity index (χ2n) is 6.01. The van der Waals surface area contributed by atoms with Crippen LogP contribution >= 0.6 is 11.3 Å². The summed E-state index contributed by atoms with van der Waals surface area (Å²) in [6.07, 6.45) is 3.74. The number of thiazole rings is 1. The van der Waals surface area contributed by atoms with Gasteiger partial charge in [0.25, 0.3) is 0 Å². The third-order valence-corrected chi connectivity index (χ3v) is 5.14. The van der Waals surface area contributed by atoms with Gasteiger partial charge in [-0.25, -0.2) is 0 Å². The van der Waals surface area contributed by atoms with E-state index in [-0.39, 0.29) is 5.88 Å². The monoisotopic (exact) mass is 347 g/mol. The summed E-state index contributed by atoms with van der Waals surface area (Å²) >= 11 is 1.42. The Hall–Kier alpha value is -2.92. The summed E-state index contributed by atoms with van der Waals surface area (Å²) in [5.41, 5.74) is 6.42. The van der Waals surface area contributed by atoms with E-state index in [0.29, 0.717) is 10.0 Å². The molecule has 1 aliphatic rings. The fourth-order valence-corrected chi connectivity index (χ4v) is 3.54. The van der Waals surface area contributed by atoms with Crippen molar-refractivity contribution in [1.29, 1.82) is 0 Å². The van der Waals surface area contributed by atoms with E-state index < -0.39 is 0 Å². The molecule has 0 spiro atoms. The zero-order valence-electron chi connectivity index (χ0n) is 13.9. The van der Waals surface area contributed by atoms with Gasteiger partial charge in [-0.15, -0.1) is 0 Å². The van der Waals surface area contributed by atoms with Crippen LogP contribution in [0.3, 0.4) is 0 Å². The van der Waals surface area contributed by atoms with E-state index in [4.69, 9.17) is 0 Å². The molecule has 0 fully saturated rings. The third-order valence-electron chi connectivity index (χ3n) is 4.24. The highest BCUT2D eigenvalue weighted by molar-refractivity contribution is 7.16. The number of hydrogen-bond donors (Lipinski definition) is 2. The second-order valence-corrected chi connectivity index (χ2v) is 7.04. The summed E-state index contributed by atoms with van der Waals surface area (Å²) in [7, 11) is 0. The van der Waals surface area contributed by atoms with E-state index in [1.165, 1.54) is 22.5 Å². The molecule has 1 aliphatic heterocycles. The predicted octanol–water partition coefficient (Wildman–Crippen LogP) is 5.47. The first-order chi connectivity index (χ1) is 12.1. The first kappa shape index (κ1) is 15.6. The smallest absolute Gasteiger partial charge is 0.231 e. The number of aryl methyl sites for hydroxylation is 2. The van der Waals surface area contributed by atoms with Gasteiger partial charge >= 0.3 is 0 Å². The minimum atomic E-state index is 0.0293. The van der Waals surface area contributed by atoms with E-state index >= 15 is 0 Å². The fraction of sp³-hybridized carbons (Fsp3) is 0.100. The van der Waals surface area contributed by atoms with Crippen LogP contribution in [-0.4, -0.2) is 16.3 Å². The number of fused-ring (bicyclic) bond motifs is 1. The molecule has 1 aromatic heterocycles. The molecule has 4 nitrogen and oxygen atoms in total. The van der Waals surface area contributed by atoms with Crippen LogP contribution in [0.5, 0.6) is 5.88 Å². The van der Waals surface area contributed by atoms with Gasteiger partial charge in [0.1, 0.15) is 0 Å². The van der Waals surface area contributed by atoms with Crippen molar-refractivity contribution in [3.8, 4) is 5.88 Å². The Morgan fingerprint density at radius 3 is 2.76 bits per heavy atom. The van der Waals surface area contributed by atoms with E-state index in [0.717, 1.165) is 22.5 Å². The minimum Gasteiger partial charge on any atom is -0.492 e. The first-order valence-corrected chi connectivity index (χ1v) is 8.81. The zero-order chi connectivity index (χ0) is 17.4. The molecule has 5 heteroatoms. The maximum Gasteiger partial charge on any atom is 0.231 e. The van der Waals surface area contributed by atoms with Crippen LogP contribution in [0.4, 0.5) is 16.5 Å². The summed E-state index contributed by atoms with van der Waals surface area (Å²) in [6, 6.07) is 14.1. The van der Waals surface area contributed by atoms with Crippen LogP contribution in [-0.2, 0) is 0 Å². The van der Waals surface area contributed by atoms with Gasteiger partial charge in [-0.05, 0) is 49.2 Å². The van der Waals surface area contributed by atoms with Gasteiger partial charge in [-0.2, -0.15) is 4.98 Å². The topological polar surface area (TPSA) is 57.5 Å².